The summed E-state index contributed by atoms with van der Waals surface area (Å²) >= 11 is 0. The average molecular weight is 485 g/mol. The van der Waals surface area contributed by atoms with Crippen LogP contribution in [-0.4, -0.2) is 11.7 Å². The number of hydrogen-bond acceptors (Lipinski definition) is 5. The summed E-state index contributed by atoms with van der Waals surface area (Å²) in [6.07, 6.45) is 3.66. The summed E-state index contributed by atoms with van der Waals surface area (Å²) in [5.74, 6) is -0.116. The molecule has 7 heteroatoms. The Morgan fingerprint density at radius 1 is 1.12 bits per heavy atom. The van der Waals surface area contributed by atoms with E-state index in [1.807, 2.05) is 31.2 Å². The van der Waals surface area contributed by atoms with E-state index < -0.39 is 19.7 Å². The number of aromatic hydroxyl groups is 1. The van der Waals surface area contributed by atoms with Crippen LogP contribution in [0.1, 0.15) is 55.4 Å². The molecule has 1 aliphatic heterocycles. The third-order valence-electron chi connectivity index (χ3n) is 5.83. The smallest absolute Gasteiger partial charge is 0.507 e. The molecule has 3 aromatic rings. The molecule has 0 spiro atoms. The summed E-state index contributed by atoms with van der Waals surface area (Å²) < 4.78 is 44.5. The number of hydrogen-bond donors (Lipinski definition) is 1. The molecule has 2 atom stereocenters. The monoisotopic (exact) mass is 484 g/mol. The molecule has 0 saturated carbocycles. The van der Waals surface area contributed by atoms with Crippen LogP contribution in [0.4, 0.5) is 4.39 Å². The molecule has 1 aliphatic rings. The zero-order chi connectivity index (χ0) is 24.1. The molecule has 180 valence electrons. The summed E-state index contributed by atoms with van der Waals surface area (Å²) in [6.45, 7) is 4.23. The fourth-order valence-corrected chi connectivity index (χ4v) is 5.56. The van der Waals surface area contributed by atoms with Crippen molar-refractivity contribution >= 4 is 7.82 Å². The van der Waals surface area contributed by atoms with E-state index in [0.717, 1.165) is 42.4 Å². The van der Waals surface area contributed by atoms with Crippen molar-refractivity contribution in [1.29, 1.82) is 0 Å². The summed E-state index contributed by atoms with van der Waals surface area (Å²) in [4.78, 5) is 0. The molecule has 1 heterocycles. The summed E-state index contributed by atoms with van der Waals surface area (Å²) in [7, 11) is -4.04. The van der Waals surface area contributed by atoms with Crippen LogP contribution in [0.3, 0.4) is 0 Å². The molecular weight excluding hydrogens is 454 g/mol. The van der Waals surface area contributed by atoms with Gasteiger partial charge in [0.1, 0.15) is 17.3 Å². The molecule has 34 heavy (non-hydrogen) atoms. The van der Waals surface area contributed by atoms with E-state index in [-0.39, 0.29) is 18.1 Å². The van der Waals surface area contributed by atoms with Gasteiger partial charge < -0.3 is 9.63 Å². The van der Waals surface area contributed by atoms with E-state index in [0.29, 0.717) is 17.5 Å². The van der Waals surface area contributed by atoms with Gasteiger partial charge in [0.15, 0.2) is 0 Å². The van der Waals surface area contributed by atoms with E-state index in [2.05, 4.69) is 6.92 Å². The number of aryl methyl sites for hydroxylation is 2. The summed E-state index contributed by atoms with van der Waals surface area (Å²) in [5, 5.41) is 11.0. The molecule has 0 aromatic heterocycles. The molecule has 0 aliphatic carbocycles. The Morgan fingerprint density at radius 2 is 1.94 bits per heavy atom. The van der Waals surface area contributed by atoms with Gasteiger partial charge in [-0.3, -0.25) is 9.05 Å². The third kappa shape index (κ3) is 5.87. The van der Waals surface area contributed by atoms with Crippen molar-refractivity contribution in [3.8, 4) is 22.6 Å². The van der Waals surface area contributed by atoms with E-state index in [4.69, 9.17) is 13.6 Å². The second-order valence-electron chi connectivity index (χ2n) is 8.62. The first-order valence-electron chi connectivity index (χ1n) is 11.7. The Bertz CT molecular complexity index is 1200. The van der Waals surface area contributed by atoms with Gasteiger partial charge in [0.2, 0.25) is 0 Å². The van der Waals surface area contributed by atoms with Crippen LogP contribution in [0.2, 0.25) is 0 Å². The number of phenols is 1. The molecule has 5 nitrogen and oxygen atoms in total. The molecule has 1 saturated heterocycles. The second kappa shape index (κ2) is 10.7. The molecular formula is C27H30FO5P. The van der Waals surface area contributed by atoms with Crippen LogP contribution in [-0.2, 0) is 20.0 Å². The Labute approximate surface area is 200 Å². The maximum atomic E-state index is 13.7. The third-order valence-corrected chi connectivity index (χ3v) is 7.27. The quantitative estimate of drug-likeness (QED) is 0.260. The normalized spacial score (nSPS) is 20.3. The van der Waals surface area contributed by atoms with Crippen LogP contribution >= 0.6 is 7.82 Å². The van der Waals surface area contributed by atoms with Gasteiger partial charge in [0, 0.05) is 6.42 Å². The van der Waals surface area contributed by atoms with E-state index in [1.165, 1.54) is 12.1 Å². The Balaban J connectivity index is 1.68. The number of rotatable bonds is 8. The van der Waals surface area contributed by atoms with Crippen LogP contribution in [0.5, 0.6) is 11.5 Å². The van der Waals surface area contributed by atoms with Crippen molar-refractivity contribution in [2.45, 2.75) is 52.1 Å². The molecule has 3 aromatic carbocycles. The Hall–Kier alpha value is -2.66. The number of phosphoric ester groups is 1. The van der Waals surface area contributed by atoms with Gasteiger partial charge in [-0.05, 0) is 60.7 Å². The highest BCUT2D eigenvalue weighted by Gasteiger charge is 2.38. The largest absolute Gasteiger partial charge is 0.530 e. The van der Waals surface area contributed by atoms with Crippen molar-refractivity contribution < 1.29 is 27.6 Å². The van der Waals surface area contributed by atoms with E-state index >= 15 is 0 Å². The fraction of sp³-hybridized carbons (Fsp3) is 0.333. The zero-order valence-electron chi connectivity index (χ0n) is 19.5. The first-order chi connectivity index (χ1) is 16.4. The molecule has 0 radical (unpaired) electrons. The second-order valence-corrected chi connectivity index (χ2v) is 10.2. The highest BCUT2D eigenvalue weighted by molar-refractivity contribution is 7.49. The van der Waals surface area contributed by atoms with Crippen molar-refractivity contribution in [3.05, 3.63) is 83.2 Å². The van der Waals surface area contributed by atoms with Gasteiger partial charge in [-0.2, -0.15) is 0 Å². The summed E-state index contributed by atoms with van der Waals surface area (Å²) in [5.41, 5.74) is 3.62. The average Bonchev–Trinajstić information content (AvgIpc) is 2.79. The van der Waals surface area contributed by atoms with Crippen LogP contribution in [0.15, 0.2) is 60.7 Å². The van der Waals surface area contributed by atoms with Gasteiger partial charge in [-0.1, -0.05) is 61.7 Å². The predicted octanol–water partition coefficient (Wildman–Crippen LogP) is 7.90. The lowest BCUT2D eigenvalue weighted by atomic mass is 9.98. The highest BCUT2D eigenvalue weighted by atomic mass is 31.2. The minimum absolute atomic E-state index is 0.0416. The van der Waals surface area contributed by atoms with E-state index in [9.17, 15) is 14.1 Å². The van der Waals surface area contributed by atoms with Crippen LogP contribution < -0.4 is 4.52 Å². The molecule has 0 amide bonds. The van der Waals surface area contributed by atoms with Gasteiger partial charge in [-0.25, -0.2) is 8.96 Å². The lowest BCUT2D eigenvalue weighted by Crippen LogP contribution is -2.17. The minimum Gasteiger partial charge on any atom is -0.507 e. The SMILES string of the molecule is CCCCCc1cc(O)c(-c2cccc(C)c2)c(OP2(=O)OCCC(c3cccc(F)c3)O2)c1. The standard InChI is InChI=1S/C27H30FO5P/c1-3-4-5-9-20-16-24(29)27(22-11-6-8-19(2)15-22)26(17-20)33-34(30)31-14-13-25(32-34)21-10-7-12-23(28)18-21/h6-8,10-12,15-18,25,29H,3-5,9,13-14H2,1-2H3. The first-order valence-corrected chi connectivity index (χ1v) is 13.1. The fourth-order valence-electron chi connectivity index (χ4n) is 4.16. The molecule has 2 unspecified atom stereocenters. The van der Waals surface area contributed by atoms with Crippen LogP contribution in [0, 0.1) is 12.7 Å². The van der Waals surface area contributed by atoms with Crippen molar-refractivity contribution in [1.82, 2.24) is 0 Å². The number of halogens is 1. The number of phenolic OH excluding ortho intramolecular Hbond substituents is 1. The Morgan fingerprint density at radius 3 is 2.71 bits per heavy atom. The van der Waals surface area contributed by atoms with Gasteiger partial charge in [0.05, 0.1) is 18.3 Å². The lowest BCUT2D eigenvalue weighted by molar-refractivity contribution is 0.0509. The highest BCUT2D eigenvalue weighted by Crippen LogP contribution is 2.58. The molecule has 0 bridgehead atoms. The maximum Gasteiger partial charge on any atom is 0.530 e. The first kappa shape index (κ1) is 24.5. The van der Waals surface area contributed by atoms with Gasteiger partial charge in [-0.15, -0.1) is 0 Å². The number of benzene rings is 3. The topological polar surface area (TPSA) is 65.0 Å². The maximum absolute atomic E-state index is 13.7. The van der Waals surface area contributed by atoms with Gasteiger partial charge >= 0.3 is 7.82 Å². The van der Waals surface area contributed by atoms with Gasteiger partial charge in [0.25, 0.3) is 0 Å². The van der Waals surface area contributed by atoms with Crippen LogP contribution in [0.25, 0.3) is 11.1 Å². The number of unbranched alkanes of at least 4 members (excludes halogenated alkanes) is 2. The lowest BCUT2D eigenvalue weighted by Gasteiger charge is -2.29. The van der Waals surface area contributed by atoms with Crippen molar-refractivity contribution in [2.24, 2.45) is 0 Å². The van der Waals surface area contributed by atoms with Crippen molar-refractivity contribution in [2.75, 3.05) is 6.61 Å². The molecule has 1 fully saturated rings. The number of phosphoric acid groups is 1. The van der Waals surface area contributed by atoms with E-state index in [1.54, 1.807) is 24.3 Å². The summed E-state index contributed by atoms with van der Waals surface area (Å²) in [6, 6.07) is 17.2. The minimum atomic E-state index is -4.04. The molecule has 4 rings (SSSR count). The predicted molar refractivity (Wildman–Crippen MR) is 131 cm³/mol. The zero-order valence-corrected chi connectivity index (χ0v) is 20.4. The molecule has 1 N–H and O–H groups in total. The Kier molecular flexibility index (Phi) is 7.72. The van der Waals surface area contributed by atoms with Crippen molar-refractivity contribution in [3.63, 3.8) is 0 Å².